The van der Waals surface area contributed by atoms with Crippen molar-refractivity contribution in [2.45, 2.75) is 77.2 Å². The van der Waals surface area contributed by atoms with Gasteiger partial charge in [-0.2, -0.15) is 4.98 Å². The van der Waals surface area contributed by atoms with Gasteiger partial charge in [-0.05, 0) is 25.7 Å². The van der Waals surface area contributed by atoms with Crippen molar-refractivity contribution in [3.8, 4) is 0 Å². The van der Waals surface area contributed by atoms with E-state index in [1.54, 1.807) is 0 Å². The van der Waals surface area contributed by atoms with Gasteiger partial charge in [0, 0.05) is 25.3 Å². The largest absolute Gasteiger partial charge is 0.481 e. The van der Waals surface area contributed by atoms with Crippen LogP contribution in [0.1, 0.15) is 70.0 Å². The van der Waals surface area contributed by atoms with E-state index in [1.165, 1.54) is 0 Å². The first-order valence-electron chi connectivity index (χ1n) is 8.93. The number of hydrogen-bond acceptors (Lipinski definition) is 5. The number of amides is 1. The zero-order chi connectivity index (χ0) is 17.4. The van der Waals surface area contributed by atoms with Crippen LogP contribution in [0.25, 0.3) is 0 Å². The van der Waals surface area contributed by atoms with Crippen molar-refractivity contribution in [3.63, 3.8) is 0 Å². The van der Waals surface area contributed by atoms with E-state index in [0.717, 1.165) is 38.5 Å². The lowest BCUT2D eigenvalue weighted by Gasteiger charge is -2.22. The maximum absolute atomic E-state index is 12.1. The Morgan fingerprint density at radius 1 is 1.25 bits per heavy atom. The summed E-state index contributed by atoms with van der Waals surface area (Å²) in [5.41, 5.74) is 0. The number of nitrogens with zero attached hydrogens (tertiary/aromatic N) is 2. The number of rotatable bonds is 8. The van der Waals surface area contributed by atoms with Gasteiger partial charge in [0.15, 0.2) is 5.82 Å². The molecule has 7 heteroatoms. The number of carbonyl (C=O) groups is 2. The molecule has 24 heavy (non-hydrogen) atoms. The van der Waals surface area contributed by atoms with Gasteiger partial charge in [-0.1, -0.05) is 31.3 Å². The molecule has 1 aliphatic carbocycles. The maximum Gasteiger partial charge on any atom is 0.308 e. The zero-order valence-corrected chi connectivity index (χ0v) is 14.3. The first kappa shape index (κ1) is 18.4. The van der Waals surface area contributed by atoms with Gasteiger partial charge in [0.25, 0.3) is 0 Å². The van der Waals surface area contributed by atoms with E-state index in [0.29, 0.717) is 37.4 Å². The third-order valence-electron chi connectivity index (χ3n) is 4.46. The Bertz CT molecular complexity index is 544. The summed E-state index contributed by atoms with van der Waals surface area (Å²) in [4.78, 5) is 27.8. The quantitative estimate of drug-likeness (QED) is 0.706. The fourth-order valence-corrected chi connectivity index (χ4v) is 3.17. The standard InChI is InChI=1S/C17H27N3O4/c1-2-7-14-19-16(24-20-14)11-6-10-15(21)18-13-9-5-3-4-8-12(13)17(22)23/h12-13H,2-11H2,1H3,(H,18,21)(H,22,23)/t12-,13+/m1/s1. The minimum absolute atomic E-state index is 0.0959. The van der Waals surface area contributed by atoms with Gasteiger partial charge in [0.05, 0.1) is 5.92 Å². The third-order valence-corrected chi connectivity index (χ3v) is 4.46. The average molecular weight is 337 g/mol. The molecule has 1 aromatic rings. The fraction of sp³-hybridized carbons (Fsp3) is 0.765. The van der Waals surface area contributed by atoms with Crippen molar-refractivity contribution in [3.05, 3.63) is 11.7 Å². The molecule has 7 nitrogen and oxygen atoms in total. The molecule has 1 amide bonds. The van der Waals surface area contributed by atoms with Gasteiger partial charge in [0.2, 0.25) is 11.8 Å². The van der Waals surface area contributed by atoms with Crippen LogP contribution in [0, 0.1) is 5.92 Å². The molecule has 1 aromatic heterocycles. The van der Waals surface area contributed by atoms with Gasteiger partial charge < -0.3 is 14.9 Å². The SMILES string of the molecule is CCCc1noc(CCCC(=O)N[C@H]2CCCCC[C@H]2C(=O)O)n1. The zero-order valence-electron chi connectivity index (χ0n) is 14.3. The van der Waals surface area contributed by atoms with Crippen LogP contribution in [0.2, 0.25) is 0 Å². The Labute approximate surface area is 142 Å². The lowest BCUT2D eigenvalue weighted by Crippen LogP contribution is -2.42. The topological polar surface area (TPSA) is 105 Å². The van der Waals surface area contributed by atoms with E-state index >= 15 is 0 Å². The molecular weight excluding hydrogens is 310 g/mol. The summed E-state index contributed by atoms with van der Waals surface area (Å²) in [5.74, 6) is -0.106. The molecule has 0 saturated heterocycles. The van der Waals surface area contributed by atoms with Crippen LogP contribution in [0.5, 0.6) is 0 Å². The van der Waals surface area contributed by atoms with E-state index in [-0.39, 0.29) is 11.9 Å². The molecule has 0 aliphatic heterocycles. The summed E-state index contributed by atoms with van der Waals surface area (Å²) in [6.45, 7) is 2.05. The Morgan fingerprint density at radius 2 is 2.04 bits per heavy atom. The summed E-state index contributed by atoms with van der Waals surface area (Å²) >= 11 is 0. The molecule has 1 saturated carbocycles. The lowest BCUT2D eigenvalue weighted by atomic mass is 9.94. The van der Waals surface area contributed by atoms with Crippen molar-refractivity contribution in [1.82, 2.24) is 15.5 Å². The van der Waals surface area contributed by atoms with Gasteiger partial charge in [-0.25, -0.2) is 0 Å². The highest BCUT2D eigenvalue weighted by atomic mass is 16.5. The van der Waals surface area contributed by atoms with E-state index in [2.05, 4.69) is 22.4 Å². The predicted octanol–water partition coefficient (Wildman–Crippen LogP) is 2.49. The number of aromatic nitrogens is 2. The number of carboxylic acids is 1. The molecule has 0 aromatic carbocycles. The summed E-state index contributed by atoms with van der Waals surface area (Å²) < 4.78 is 5.14. The molecule has 0 unspecified atom stereocenters. The van der Waals surface area contributed by atoms with Gasteiger partial charge in [-0.3, -0.25) is 9.59 Å². The van der Waals surface area contributed by atoms with E-state index in [1.807, 2.05) is 0 Å². The minimum Gasteiger partial charge on any atom is -0.481 e. The second-order valence-electron chi connectivity index (χ2n) is 6.46. The Kier molecular flexibility index (Phi) is 7.21. The Morgan fingerprint density at radius 3 is 2.79 bits per heavy atom. The summed E-state index contributed by atoms with van der Waals surface area (Å²) in [6.07, 6.45) is 7.59. The highest BCUT2D eigenvalue weighted by Gasteiger charge is 2.30. The Balaban J connectivity index is 1.75. The third kappa shape index (κ3) is 5.62. The van der Waals surface area contributed by atoms with Crippen molar-refractivity contribution >= 4 is 11.9 Å². The van der Waals surface area contributed by atoms with Crippen molar-refractivity contribution < 1.29 is 19.2 Å². The van der Waals surface area contributed by atoms with Crippen LogP contribution in [0.15, 0.2) is 4.52 Å². The molecule has 134 valence electrons. The van der Waals surface area contributed by atoms with Crippen LogP contribution in [-0.2, 0) is 22.4 Å². The highest BCUT2D eigenvalue weighted by molar-refractivity contribution is 5.78. The number of aryl methyl sites for hydroxylation is 2. The summed E-state index contributed by atoms with van der Waals surface area (Å²) in [7, 11) is 0. The van der Waals surface area contributed by atoms with Gasteiger partial charge >= 0.3 is 5.97 Å². The van der Waals surface area contributed by atoms with Crippen LogP contribution >= 0.6 is 0 Å². The molecular formula is C17H27N3O4. The first-order chi connectivity index (χ1) is 11.6. The minimum atomic E-state index is -0.809. The van der Waals surface area contributed by atoms with E-state index in [4.69, 9.17) is 4.52 Å². The average Bonchev–Trinajstić information content (AvgIpc) is 2.84. The molecule has 2 atom stereocenters. The number of nitrogens with one attached hydrogen (secondary N) is 1. The Hall–Kier alpha value is -1.92. The molecule has 0 spiro atoms. The molecule has 0 bridgehead atoms. The number of aliphatic carboxylic acids is 1. The van der Waals surface area contributed by atoms with Crippen LogP contribution in [0.4, 0.5) is 0 Å². The molecule has 1 heterocycles. The van der Waals surface area contributed by atoms with E-state index < -0.39 is 11.9 Å². The summed E-state index contributed by atoms with van der Waals surface area (Å²) in [6, 6.07) is -0.253. The molecule has 0 radical (unpaired) electrons. The normalized spacial score (nSPS) is 21.2. The molecule has 1 fully saturated rings. The summed E-state index contributed by atoms with van der Waals surface area (Å²) in [5, 5.41) is 16.1. The van der Waals surface area contributed by atoms with Crippen LogP contribution in [0.3, 0.4) is 0 Å². The second-order valence-corrected chi connectivity index (χ2v) is 6.46. The van der Waals surface area contributed by atoms with Crippen molar-refractivity contribution in [1.29, 1.82) is 0 Å². The number of carbonyl (C=O) groups excluding carboxylic acids is 1. The van der Waals surface area contributed by atoms with Gasteiger partial charge in [0.1, 0.15) is 0 Å². The molecule has 1 aliphatic rings. The number of hydrogen-bond donors (Lipinski definition) is 2. The molecule has 2 N–H and O–H groups in total. The van der Waals surface area contributed by atoms with Crippen molar-refractivity contribution in [2.75, 3.05) is 0 Å². The van der Waals surface area contributed by atoms with Crippen LogP contribution in [-0.4, -0.2) is 33.2 Å². The maximum atomic E-state index is 12.1. The van der Waals surface area contributed by atoms with Gasteiger partial charge in [-0.15, -0.1) is 0 Å². The second kappa shape index (κ2) is 9.39. The molecule has 2 rings (SSSR count). The van der Waals surface area contributed by atoms with Crippen molar-refractivity contribution in [2.24, 2.45) is 5.92 Å². The number of carboxylic acid groups (broad SMARTS) is 1. The highest BCUT2D eigenvalue weighted by Crippen LogP contribution is 2.24. The lowest BCUT2D eigenvalue weighted by molar-refractivity contribution is -0.143. The fourth-order valence-electron chi connectivity index (χ4n) is 3.17. The monoisotopic (exact) mass is 337 g/mol. The predicted molar refractivity (Wildman–Crippen MR) is 87.4 cm³/mol. The first-order valence-corrected chi connectivity index (χ1v) is 8.93. The smallest absolute Gasteiger partial charge is 0.308 e. The van der Waals surface area contributed by atoms with Crippen LogP contribution < -0.4 is 5.32 Å². The van der Waals surface area contributed by atoms with E-state index in [9.17, 15) is 14.7 Å².